The van der Waals surface area contributed by atoms with Crippen molar-refractivity contribution in [1.82, 2.24) is 4.90 Å². The van der Waals surface area contributed by atoms with Crippen LogP contribution in [0.1, 0.15) is 36.4 Å². The van der Waals surface area contributed by atoms with Crippen molar-refractivity contribution in [2.24, 2.45) is 0 Å². The maximum Gasteiger partial charge on any atom is 0.231 e. The normalized spacial score (nSPS) is 18.2. The summed E-state index contributed by atoms with van der Waals surface area (Å²) in [5, 5.41) is 0. The molecule has 0 bridgehead atoms. The Morgan fingerprint density at radius 1 is 1.19 bits per heavy atom. The number of methoxy groups -OCH3 is 1. The second kappa shape index (κ2) is 7.28. The van der Waals surface area contributed by atoms with Gasteiger partial charge >= 0.3 is 0 Å². The maximum absolute atomic E-state index is 12.8. The zero-order valence-electron chi connectivity index (χ0n) is 14.9. The van der Waals surface area contributed by atoms with Crippen molar-refractivity contribution >= 4 is 5.91 Å². The van der Waals surface area contributed by atoms with Crippen molar-refractivity contribution in [2.45, 2.75) is 31.7 Å². The predicted molar refractivity (Wildman–Crippen MR) is 97.6 cm³/mol. The van der Waals surface area contributed by atoms with Gasteiger partial charge < -0.3 is 19.1 Å². The Morgan fingerprint density at radius 2 is 2.08 bits per heavy atom. The molecule has 5 nitrogen and oxygen atoms in total. The molecule has 2 aromatic rings. The molecule has 0 aliphatic carbocycles. The number of ether oxygens (including phenoxy) is 3. The average molecular weight is 353 g/mol. The summed E-state index contributed by atoms with van der Waals surface area (Å²) in [6.45, 7) is 1.09. The number of likely N-dealkylation sites (tertiary alicyclic amines) is 1. The van der Waals surface area contributed by atoms with Crippen LogP contribution in [-0.2, 0) is 11.2 Å². The molecule has 1 fully saturated rings. The van der Waals surface area contributed by atoms with Gasteiger partial charge in [0.2, 0.25) is 12.7 Å². The molecule has 4 rings (SSSR count). The summed E-state index contributed by atoms with van der Waals surface area (Å²) in [5.74, 6) is 2.58. The quantitative estimate of drug-likeness (QED) is 0.822. The minimum absolute atomic E-state index is 0.148. The van der Waals surface area contributed by atoms with Crippen LogP contribution < -0.4 is 14.2 Å². The van der Waals surface area contributed by atoms with Crippen LogP contribution in [0.2, 0.25) is 0 Å². The van der Waals surface area contributed by atoms with Crippen LogP contribution in [-0.4, -0.2) is 31.3 Å². The molecular formula is C21H23NO4. The SMILES string of the molecule is COc1cccc(C2CCCN2C(=O)CCc2ccc3c(c2)OCO3)c1. The van der Waals surface area contributed by atoms with E-state index in [1.54, 1.807) is 7.11 Å². The highest BCUT2D eigenvalue weighted by molar-refractivity contribution is 5.77. The lowest BCUT2D eigenvalue weighted by molar-refractivity contribution is -0.132. The number of fused-ring (bicyclic) bond motifs is 1. The van der Waals surface area contributed by atoms with E-state index in [4.69, 9.17) is 14.2 Å². The van der Waals surface area contributed by atoms with Gasteiger partial charge in [-0.25, -0.2) is 0 Å². The van der Waals surface area contributed by atoms with Gasteiger partial charge in [-0.15, -0.1) is 0 Å². The van der Waals surface area contributed by atoms with Crippen LogP contribution in [0.5, 0.6) is 17.2 Å². The minimum atomic E-state index is 0.148. The number of nitrogens with zero attached hydrogens (tertiary/aromatic N) is 1. The van der Waals surface area contributed by atoms with Gasteiger partial charge in [0.05, 0.1) is 13.2 Å². The first-order valence-corrected chi connectivity index (χ1v) is 9.06. The molecule has 26 heavy (non-hydrogen) atoms. The summed E-state index contributed by atoms with van der Waals surface area (Å²) in [4.78, 5) is 14.8. The molecule has 0 saturated carbocycles. The monoisotopic (exact) mass is 353 g/mol. The number of rotatable bonds is 5. The highest BCUT2D eigenvalue weighted by Gasteiger charge is 2.29. The van der Waals surface area contributed by atoms with E-state index in [1.165, 1.54) is 0 Å². The van der Waals surface area contributed by atoms with Crippen LogP contribution in [0.3, 0.4) is 0 Å². The summed E-state index contributed by atoms with van der Waals surface area (Å²) in [6.07, 6.45) is 3.25. The van der Waals surface area contributed by atoms with Crippen LogP contribution >= 0.6 is 0 Å². The topological polar surface area (TPSA) is 48.0 Å². The van der Waals surface area contributed by atoms with Gasteiger partial charge in [0.1, 0.15) is 5.75 Å². The molecular weight excluding hydrogens is 330 g/mol. The maximum atomic E-state index is 12.8. The summed E-state index contributed by atoms with van der Waals surface area (Å²) in [7, 11) is 1.67. The van der Waals surface area contributed by atoms with E-state index in [2.05, 4.69) is 6.07 Å². The van der Waals surface area contributed by atoms with E-state index >= 15 is 0 Å². The number of carbonyl (C=O) groups excluding carboxylic acids is 1. The zero-order valence-corrected chi connectivity index (χ0v) is 14.9. The molecule has 0 spiro atoms. The van der Waals surface area contributed by atoms with Crippen LogP contribution in [0.4, 0.5) is 0 Å². The molecule has 1 atom stereocenters. The largest absolute Gasteiger partial charge is 0.497 e. The molecule has 1 saturated heterocycles. The van der Waals surface area contributed by atoms with Crippen molar-refractivity contribution in [3.8, 4) is 17.2 Å². The third kappa shape index (κ3) is 3.34. The summed E-state index contributed by atoms with van der Waals surface area (Å²) >= 11 is 0. The fraction of sp³-hybridized carbons (Fsp3) is 0.381. The van der Waals surface area contributed by atoms with E-state index in [0.29, 0.717) is 12.8 Å². The molecule has 136 valence electrons. The van der Waals surface area contributed by atoms with Gasteiger partial charge in [0, 0.05) is 13.0 Å². The lowest BCUT2D eigenvalue weighted by Gasteiger charge is -2.25. The smallest absolute Gasteiger partial charge is 0.231 e. The number of aryl methyl sites for hydroxylation is 1. The van der Waals surface area contributed by atoms with E-state index < -0.39 is 0 Å². The van der Waals surface area contributed by atoms with Gasteiger partial charge in [-0.3, -0.25) is 4.79 Å². The highest BCUT2D eigenvalue weighted by atomic mass is 16.7. The van der Waals surface area contributed by atoms with Crippen molar-refractivity contribution in [3.05, 3.63) is 53.6 Å². The molecule has 5 heteroatoms. The molecule has 1 amide bonds. The van der Waals surface area contributed by atoms with E-state index in [9.17, 15) is 4.79 Å². The average Bonchev–Trinajstić information content (AvgIpc) is 3.35. The van der Waals surface area contributed by atoms with Gasteiger partial charge in [-0.05, 0) is 54.7 Å². The number of hydrogen-bond donors (Lipinski definition) is 0. The van der Waals surface area contributed by atoms with E-state index in [1.807, 2.05) is 41.3 Å². The van der Waals surface area contributed by atoms with Crippen LogP contribution in [0.25, 0.3) is 0 Å². The Hall–Kier alpha value is -2.69. The summed E-state index contributed by atoms with van der Waals surface area (Å²) < 4.78 is 16.1. The number of carbonyl (C=O) groups is 1. The standard InChI is InChI=1S/C21H23NO4/c1-24-17-5-2-4-16(13-17)18-6-3-11-22(18)21(23)10-8-15-7-9-19-20(12-15)26-14-25-19/h2,4-5,7,9,12-13,18H,3,6,8,10-11,14H2,1H3. The minimum Gasteiger partial charge on any atom is -0.497 e. The van der Waals surface area contributed by atoms with Crippen molar-refractivity contribution in [2.75, 3.05) is 20.4 Å². The number of hydrogen-bond acceptors (Lipinski definition) is 4. The van der Waals surface area contributed by atoms with Crippen molar-refractivity contribution in [3.63, 3.8) is 0 Å². The fourth-order valence-electron chi connectivity index (χ4n) is 3.75. The highest BCUT2D eigenvalue weighted by Crippen LogP contribution is 2.35. The first-order valence-electron chi connectivity index (χ1n) is 9.06. The van der Waals surface area contributed by atoms with Gasteiger partial charge in [0.25, 0.3) is 0 Å². The molecule has 2 heterocycles. The van der Waals surface area contributed by atoms with Crippen LogP contribution in [0, 0.1) is 0 Å². The lowest BCUT2D eigenvalue weighted by Crippen LogP contribution is -2.30. The summed E-state index contributed by atoms with van der Waals surface area (Å²) in [6, 6.07) is 14.1. The fourth-order valence-corrected chi connectivity index (χ4v) is 3.75. The zero-order chi connectivity index (χ0) is 17.9. The van der Waals surface area contributed by atoms with Crippen molar-refractivity contribution in [1.29, 1.82) is 0 Å². The van der Waals surface area contributed by atoms with E-state index in [-0.39, 0.29) is 18.7 Å². The third-order valence-electron chi connectivity index (χ3n) is 5.12. The first kappa shape index (κ1) is 16.8. The van der Waals surface area contributed by atoms with Gasteiger partial charge in [-0.2, -0.15) is 0 Å². The number of amides is 1. The Morgan fingerprint density at radius 3 is 2.96 bits per heavy atom. The molecule has 0 aromatic heterocycles. The second-order valence-corrected chi connectivity index (χ2v) is 6.71. The predicted octanol–water partition coefficient (Wildman–Crippen LogP) is 3.72. The Bertz CT molecular complexity index is 804. The molecule has 2 aliphatic rings. The molecule has 1 unspecified atom stereocenters. The van der Waals surface area contributed by atoms with Gasteiger partial charge in [0.15, 0.2) is 11.5 Å². The Kier molecular flexibility index (Phi) is 4.69. The Labute approximate surface area is 153 Å². The lowest BCUT2D eigenvalue weighted by atomic mass is 10.0. The molecule has 0 N–H and O–H groups in total. The third-order valence-corrected chi connectivity index (χ3v) is 5.12. The molecule has 0 radical (unpaired) electrons. The first-order chi connectivity index (χ1) is 12.7. The van der Waals surface area contributed by atoms with Crippen molar-refractivity contribution < 1.29 is 19.0 Å². The van der Waals surface area contributed by atoms with Gasteiger partial charge in [-0.1, -0.05) is 18.2 Å². The second-order valence-electron chi connectivity index (χ2n) is 6.71. The molecule has 2 aromatic carbocycles. The number of benzene rings is 2. The summed E-state index contributed by atoms with van der Waals surface area (Å²) in [5.41, 5.74) is 2.25. The molecule has 2 aliphatic heterocycles. The Balaban J connectivity index is 1.42. The van der Waals surface area contributed by atoms with Crippen LogP contribution in [0.15, 0.2) is 42.5 Å². The van der Waals surface area contributed by atoms with E-state index in [0.717, 1.165) is 47.8 Å².